The second kappa shape index (κ2) is 7.13. The lowest BCUT2D eigenvalue weighted by atomic mass is 9.95. The molecule has 1 atom stereocenters. The van der Waals surface area contributed by atoms with Crippen molar-refractivity contribution in [1.82, 2.24) is 4.57 Å². The lowest BCUT2D eigenvalue weighted by Gasteiger charge is -2.29. The van der Waals surface area contributed by atoms with E-state index in [4.69, 9.17) is 0 Å². The zero-order chi connectivity index (χ0) is 17.4. The van der Waals surface area contributed by atoms with Crippen molar-refractivity contribution in [2.24, 2.45) is 5.92 Å². The molecule has 3 heteroatoms. The standard InChI is InChI=1S/C22H32N2O/c1-16-9-11-23(12-10-16)14-18(25)15-24-21-6-4-3-5-19(21)20-13-17(2)7-8-22(20)24/h7-8,13,16,18,25H,3-6,9-12,14-15H2,1-2H3/p+1. The number of hydrogen-bond acceptors (Lipinski definition) is 1. The molecule has 2 aromatic rings. The predicted molar refractivity (Wildman–Crippen MR) is 103 cm³/mol. The van der Waals surface area contributed by atoms with Gasteiger partial charge in [-0.15, -0.1) is 0 Å². The average Bonchev–Trinajstić information content (AvgIpc) is 2.91. The normalized spacial score (nSPS) is 25.1. The maximum Gasteiger partial charge on any atom is 0.121 e. The van der Waals surface area contributed by atoms with Crippen molar-refractivity contribution in [3.05, 3.63) is 35.0 Å². The minimum Gasteiger partial charge on any atom is -0.385 e. The summed E-state index contributed by atoms with van der Waals surface area (Å²) in [6.07, 6.45) is 7.34. The number of benzene rings is 1. The number of fused-ring (bicyclic) bond motifs is 3. The molecular formula is C22H33N2O+. The van der Waals surface area contributed by atoms with Gasteiger partial charge in [0.25, 0.3) is 0 Å². The third-order valence-corrected chi connectivity index (χ3v) is 6.43. The van der Waals surface area contributed by atoms with E-state index in [1.165, 1.54) is 73.8 Å². The zero-order valence-corrected chi connectivity index (χ0v) is 15.9. The Morgan fingerprint density at radius 1 is 1.20 bits per heavy atom. The average molecular weight is 342 g/mol. The summed E-state index contributed by atoms with van der Waals surface area (Å²) in [5.74, 6) is 0.865. The maximum atomic E-state index is 10.8. The molecule has 0 amide bonds. The highest BCUT2D eigenvalue weighted by atomic mass is 16.3. The van der Waals surface area contributed by atoms with Crippen LogP contribution in [0.4, 0.5) is 0 Å². The number of nitrogens with one attached hydrogen (secondary N) is 1. The SMILES string of the molecule is Cc1ccc2c(c1)c1c(n2CC(O)C[NH+]2CCC(C)CC2)CCCC1. The van der Waals surface area contributed by atoms with Crippen LogP contribution in [-0.4, -0.2) is 35.4 Å². The third-order valence-electron chi connectivity index (χ3n) is 6.43. The van der Waals surface area contributed by atoms with Crippen molar-refractivity contribution in [2.45, 2.75) is 65.0 Å². The molecule has 2 heterocycles. The van der Waals surface area contributed by atoms with Gasteiger partial charge in [0.1, 0.15) is 12.6 Å². The van der Waals surface area contributed by atoms with Crippen molar-refractivity contribution in [1.29, 1.82) is 0 Å². The molecular weight excluding hydrogens is 308 g/mol. The van der Waals surface area contributed by atoms with E-state index in [-0.39, 0.29) is 6.10 Å². The van der Waals surface area contributed by atoms with Crippen LogP contribution in [0.25, 0.3) is 10.9 Å². The van der Waals surface area contributed by atoms with Crippen molar-refractivity contribution in [3.63, 3.8) is 0 Å². The topological polar surface area (TPSA) is 29.6 Å². The van der Waals surface area contributed by atoms with E-state index >= 15 is 0 Å². The molecule has 0 bridgehead atoms. The number of piperidine rings is 1. The number of aromatic nitrogens is 1. The fourth-order valence-electron chi connectivity index (χ4n) is 4.94. The number of quaternary nitrogens is 1. The number of aryl methyl sites for hydroxylation is 2. The van der Waals surface area contributed by atoms with Crippen LogP contribution in [0.3, 0.4) is 0 Å². The highest BCUT2D eigenvalue weighted by Gasteiger charge is 2.25. The summed E-state index contributed by atoms with van der Waals surface area (Å²) in [5.41, 5.74) is 5.72. The molecule has 4 rings (SSSR count). The van der Waals surface area contributed by atoms with E-state index < -0.39 is 0 Å². The van der Waals surface area contributed by atoms with E-state index in [1.54, 1.807) is 10.5 Å². The maximum absolute atomic E-state index is 10.8. The Bertz CT molecular complexity index is 740. The molecule has 1 aromatic heterocycles. The molecule has 1 aliphatic carbocycles. The molecule has 136 valence electrons. The molecule has 0 radical (unpaired) electrons. The van der Waals surface area contributed by atoms with Crippen molar-refractivity contribution in [2.75, 3.05) is 19.6 Å². The largest absolute Gasteiger partial charge is 0.385 e. The molecule has 1 fully saturated rings. The Morgan fingerprint density at radius 2 is 1.96 bits per heavy atom. The van der Waals surface area contributed by atoms with Gasteiger partial charge in [0, 0.05) is 16.6 Å². The van der Waals surface area contributed by atoms with E-state index in [2.05, 4.69) is 36.6 Å². The van der Waals surface area contributed by atoms with Gasteiger partial charge in [0.05, 0.1) is 19.6 Å². The monoisotopic (exact) mass is 341 g/mol. The molecule has 2 aliphatic rings. The molecule has 1 unspecified atom stereocenters. The van der Waals surface area contributed by atoms with Gasteiger partial charge >= 0.3 is 0 Å². The second-order valence-corrected chi connectivity index (χ2v) is 8.55. The quantitative estimate of drug-likeness (QED) is 0.879. The van der Waals surface area contributed by atoms with Gasteiger partial charge < -0.3 is 14.6 Å². The van der Waals surface area contributed by atoms with E-state index in [1.807, 2.05) is 0 Å². The fraction of sp³-hybridized carbons (Fsp3) is 0.636. The first kappa shape index (κ1) is 17.1. The van der Waals surface area contributed by atoms with Gasteiger partial charge in [-0.05, 0) is 69.1 Å². The number of aliphatic hydroxyl groups excluding tert-OH is 1. The lowest BCUT2D eigenvalue weighted by molar-refractivity contribution is -0.909. The summed E-state index contributed by atoms with van der Waals surface area (Å²) in [7, 11) is 0. The highest BCUT2D eigenvalue weighted by molar-refractivity contribution is 5.86. The van der Waals surface area contributed by atoms with Gasteiger partial charge in [-0.1, -0.05) is 18.6 Å². The Hall–Kier alpha value is -1.32. The number of aliphatic hydroxyl groups is 1. The lowest BCUT2D eigenvalue weighted by Crippen LogP contribution is -3.14. The third kappa shape index (κ3) is 3.50. The number of rotatable bonds is 4. The molecule has 0 spiro atoms. The van der Waals surface area contributed by atoms with Gasteiger partial charge in [0.15, 0.2) is 0 Å². The summed E-state index contributed by atoms with van der Waals surface area (Å²) in [6.45, 7) is 8.64. The van der Waals surface area contributed by atoms with Gasteiger partial charge in [-0.25, -0.2) is 0 Å². The summed E-state index contributed by atoms with van der Waals surface area (Å²) >= 11 is 0. The van der Waals surface area contributed by atoms with Gasteiger partial charge in [-0.3, -0.25) is 0 Å². The van der Waals surface area contributed by atoms with Crippen molar-refractivity contribution < 1.29 is 10.0 Å². The minimum atomic E-state index is -0.244. The predicted octanol–water partition coefficient (Wildman–Crippen LogP) is 2.50. The molecule has 3 nitrogen and oxygen atoms in total. The highest BCUT2D eigenvalue weighted by Crippen LogP contribution is 2.33. The summed E-state index contributed by atoms with van der Waals surface area (Å²) in [4.78, 5) is 1.59. The molecule has 2 N–H and O–H groups in total. The molecule has 25 heavy (non-hydrogen) atoms. The Labute approximate surface area is 151 Å². The van der Waals surface area contributed by atoms with Gasteiger partial charge in [0.2, 0.25) is 0 Å². The van der Waals surface area contributed by atoms with Crippen LogP contribution in [-0.2, 0) is 19.4 Å². The zero-order valence-electron chi connectivity index (χ0n) is 15.9. The van der Waals surface area contributed by atoms with Crippen LogP contribution in [0.5, 0.6) is 0 Å². The fourth-order valence-corrected chi connectivity index (χ4v) is 4.94. The summed E-state index contributed by atoms with van der Waals surface area (Å²) in [6, 6.07) is 6.83. The van der Waals surface area contributed by atoms with Gasteiger partial charge in [-0.2, -0.15) is 0 Å². The molecule has 0 saturated carbocycles. The first-order valence-electron chi connectivity index (χ1n) is 10.2. The van der Waals surface area contributed by atoms with Crippen molar-refractivity contribution in [3.8, 4) is 0 Å². The van der Waals surface area contributed by atoms with Crippen molar-refractivity contribution >= 4 is 10.9 Å². The first-order valence-corrected chi connectivity index (χ1v) is 10.2. The van der Waals surface area contributed by atoms with Crippen LogP contribution < -0.4 is 4.90 Å². The van der Waals surface area contributed by atoms with E-state index in [9.17, 15) is 5.11 Å². The van der Waals surface area contributed by atoms with Crippen LogP contribution in [0, 0.1) is 12.8 Å². The van der Waals surface area contributed by atoms with Crippen LogP contribution >= 0.6 is 0 Å². The Kier molecular flexibility index (Phi) is 4.88. The molecule has 1 aromatic carbocycles. The Morgan fingerprint density at radius 3 is 2.76 bits per heavy atom. The van der Waals surface area contributed by atoms with E-state index in [0.29, 0.717) is 0 Å². The molecule has 1 saturated heterocycles. The minimum absolute atomic E-state index is 0.244. The smallest absolute Gasteiger partial charge is 0.121 e. The summed E-state index contributed by atoms with van der Waals surface area (Å²) < 4.78 is 2.44. The number of hydrogen-bond donors (Lipinski definition) is 2. The second-order valence-electron chi connectivity index (χ2n) is 8.55. The van der Waals surface area contributed by atoms with Crippen LogP contribution in [0.2, 0.25) is 0 Å². The first-order chi connectivity index (χ1) is 12.1. The van der Waals surface area contributed by atoms with Crippen LogP contribution in [0.1, 0.15) is 49.4 Å². The summed E-state index contributed by atoms with van der Waals surface area (Å²) in [5, 5.41) is 12.2. The van der Waals surface area contributed by atoms with Crippen LogP contribution in [0.15, 0.2) is 18.2 Å². The number of likely N-dealkylation sites (tertiary alicyclic amines) is 1. The van der Waals surface area contributed by atoms with E-state index in [0.717, 1.165) is 19.0 Å². The molecule has 1 aliphatic heterocycles. The Balaban J connectivity index is 1.56. The number of nitrogens with zero attached hydrogens (tertiary/aromatic N) is 1.